The molecule has 8 heteroatoms. The Kier molecular flexibility index (Phi) is 4.56. The van der Waals surface area contributed by atoms with Gasteiger partial charge in [0.25, 0.3) is 0 Å². The molecule has 21 heavy (non-hydrogen) atoms. The zero-order valence-electron chi connectivity index (χ0n) is 12.6. The van der Waals surface area contributed by atoms with Gasteiger partial charge in [-0.1, -0.05) is 5.16 Å². The Balaban J connectivity index is 1.89. The number of rotatable bonds is 5. The highest BCUT2D eigenvalue weighted by atomic mass is 16.5. The molecule has 1 N–H and O–H groups in total. The van der Waals surface area contributed by atoms with Gasteiger partial charge in [0.15, 0.2) is 5.82 Å². The number of carbonyl (C=O) groups excluding carboxylic acids is 1. The largest absolute Gasteiger partial charge is 0.337 e. The smallest absolute Gasteiger partial charge is 0.318 e. The molecular formula is C13H20N6O2. The molecule has 0 aliphatic rings. The van der Waals surface area contributed by atoms with E-state index in [4.69, 9.17) is 4.52 Å². The molecule has 0 aliphatic carbocycles. The summed E-state index contributed by atoms with van der Waals surface area (Å²) >= 11 is 0. The first-order valence-electron chi connectivity index (χ1n) is 6.76. The van der Waals surface area contributed by atoms with Crippen LogP contribution in [0.4, 0.5) is 4.79 Å². The fourth-order valence-electron chi connectivity index (χ4n) is 1.89. The second-order valence-corrected chi connectivity index (χ2v) is 5.08. The van der Waals surface area contributed by atoms with E-state index in [-0.39, 0.29) is 18.1 Å². The summed E-state index contributed by atoms with van der Waals surface area (Å²) in [5.41, 5.74) is 0. The Labute approximate surface area is 123 Å². The van der Waals surface area contributed by atoms with Crippen molar-refractivity contribution in [2.75, 3.05) is 7.05 Å². The van der Waals surface area contributed by atoms with E-state index in [1.807, 2.05) is 24.6 Å². The van der Waals surface area contributed by atoms with Crippen molar-refractivity contribution in [2.45, 2.75) is 39.4 Å². The van der Waals surface area contributed by atoms with Gasteiger partial charge in [-0.25, -0.2) is 9.78 Å². The minimum Gasteiger partial charge on any atom is -0.337 e. The number of amides is 2. The zero-order chi connectivity index (χ0) is 15.4. The summed E-state index contributed by atoms with van der Waals surface area (Å²) in [5, 5.41) is 6.66. The molecule has 0 spiro atoms. The fourth-order valence-corrected chi connectivity index (χ4v) is 1.89. The molecule has 0 saturated carbocycles. The van der Waals surface area contributed by atoms with Crippen molar-refractivity contribution in [3.8, 4) is 0 Å². The molecule has 2 rings (SSSR count). The molecule has 0 aliphatic heterocycles. The number of urea groups is 1. The van der Waals surface area contributed by atoms with Crippen LogP contribution in [0.25, 0.3) is 0 Å². The molecular weight excluding hydrogens is 272 g/mol. The molecule has 2 heterocycles. The number of aryl methyl sites for hydroxylation is 1. The van der Waals surface area contributed by atoms with Crippen molar-refractivity contribution in [1.29, 1.82) is 0 Å². The SMILES string of the molecule is Cc1noc(C(C)N(C)C(=O)NC(C)Cn2ccnc2)n1. The second-order valence-electron chi connectivity index (χ2n) is 5.08. The van der Waals surface area contributed by atoms with Crippen LogP contribution in [-0.2, 0) is 6.54 Å². The second kappa shape index (κ2) is 6.38. The number of imidazole rings is 1. The highest BCUT2D eigenvalue weighted by Gasteiger charge is 2.23. The molecule has 0 bridgehead atoms. The maximum atomic E-state index is 12.2. The first kappa shape index (κ1) is 15.0. The minimum atomic E-state index is -0.286. The van der Waals surface area contributed by atoms with Gasteiger partial charge < -0.3 is 19.3 Å². The number of nitrogens with one attached hydrogen (secondary N) is 1. The quantitative estimate of drug-likeness (QED) is 0.899. The van der Waals surface area contributed by atoms with Crippen LogP contribution in [0.15, 0.2) is 23.2 Å². The molecule has 0 fully saturated rings. The van der Waals surface area contributed by atoms with E-state index < -0.39 is 0 Å². The van der Waals surface area contributed by atoms with Gasteiger partial charge >= 0.3 is 6.03 Å². The Morgan fingerprint density at radius 1 is 1.52 bits per heavy atom. The van der Waals surface area contributed by atoms with E-state index in [9.17, 15) is 4.79 Å². The van der Waals surface area contributed by atoms with Gasteiger partial charge in [-0.2, -0.15) is 4.98 Å². The molecule has 114 valence electrons. The molecule has 2 aromatic heterocycles. The minimum absolute atomic E-state index is 0.0224. The third-order valence-corrected chi connectivity index (χ3v) is 3.22. The maximum absolute atomic E-state index is 12.2. The van der Waals surface area contributed by atoms with E-state index >= 15 is 0 Å². The average Bonchev–Trinajstić information content (AvgIpc) is 3.08. The predicted octanol–water partition coefficient (Wildman–Crippen LogP) is 1.37. The predicted molar refractivity (Wildman–Crippen MR) is 75.4 cm³/mol. The van der Waals surface area contributed by atoms with Crippen molar-refractivity contribution in [2.24, 2.45) is 0 Å². The van der Waals surface area contributed by atoms with Crippen molar-refractivity contribution in [1.82, 2.24) is 29.9 Å². The first-order chi connectivity index (χ1) is 9.97. The summed E-state index contributed by atoms with van der Waals surface area (Å²) in [6.07, 6.45) is 5.28. The van der Waals surface area contributed by atoms with E-state index in [1.165, 1.54) is 4.90 Å². The first-order valence-corrected chi connectivity index (χ1v) is 6.76. The number of hydrogen-bond donors (Lipinski definition) is 1. The molecule has 2 atom stereocenters. The van der Waals surface area contributed by atoms with Crippen LogP contribution >= 0.6 is 0 Å². The molecule has 0 radical (unpaired) electrons. The lowest BCUT2D eigenvalue weighted by atomic mass is 10.3. The molecule has 0 saturated heterocycles. The number of nitrogens with zero attached hydrogens (tertiary/aromatic N) is 5. The lowest BCUT2D eigenvalue weighted by Crippen LogP contribution is -2.44. The topological polar surface area (TPSA) is 89.1 Å². The van der Waals surface area contributed by atoms with Crippen LogP contribution in [-0.4, -0.2) is 43.7 Å². The lowest BCUT2D eigenvalue weighted by molar-refractivity contribution is 0.177. The summed E-state index contributed by atoms with van der Waals surface area (Å²) in [6, 6.07) is -0.497. The lowest BCUT2D eigenvalue weighted by Gasteiger charge is -2.24. The standard InChI is InChI=1S/C13H20N6O2/c1-9(7-19-6-5-14-8-19)15-13(20)18(4)10(2)12-16-11(3)17-21-12/h5-6,8-10H,7H2,1-4H3,(H,15,20). The third-order valence-electron chi connectivity index (χ3n) is 3.22. The van der Waals surface area contributed by atoms with Gasteiger partial charge in [0, 0.05) is 32.0 Å². The highest BCUT2D eigenvalue weighted by Crippen LogP contribution is 2.16. The summed E-state index contributed by atoms with van der Waals surface area (Å²) in [6.45, 7) is 6.18. The van der Waals surface area contributed by atoms with Crippen LogP contribution in [0.5, 0.6) is 0 Å². The van der Waals surface area contributed by atoms with Crippen molar-refractivity contribution < 1.29 is 9.32 Å². The van der Waals surface area contributed by atoms with E-state index in [1.54, 1.807) is 26.5 Å². The van der Waals surface area contributed by atoms with Crippen LogP contribution in [0.2, 0.25) is 0 Å². The van der Waals surface area contributed by atoms with Gasteiger partial charge in [-0.3, -0.25) is 0 Å². The average molecular weight is 292 g/mol. The molecule has 2 unspecified atom stereocenters. The molecule has 8 nitrogen and oxygen atoms in total. The van der Waals surface area contributed by atoms with Gasteiger partial charge in [-0.15, -0.1) is 0 Å². The molecule has 2 aromatic rings. The van der Waals surface area contributed by atoms with Crippen LogP contribution in [0.3, 0.4) is 0 Å². The van der Waals surface area contributed by atoms with Crippen LogP contribution in [0.1, 0.15) is 31.6 Å². The maximum Gasteiger partial charge on any atom is 0.318 e. The summed E-state index contributed by atoms with van der Waals surface area (Å²) in [4.78, 5) is 21.9. The summed E-state index contributed by atoms with van der Waals surface area (Å²) < 4.78 is 7.00. The Bertz CT molecular complexity index is 579. The third kappa shape index (κ3) is 3.80. The molecule has 2 amide bonds. The zero-order valence-corrected chi connectivity index (χ0v) is 12.6. The number of carbonyl (C=O) groups is 1. The van der Waals surface area contributed by atoms with E-state index in [2.05, 4.69) is 20.4 Å². The van der Waals surface area contributed by atoms with Crippen molar-refractivity contribution in [3.63, 3.8) is 0 Å². The fraction of sp³-hybridized carbons (Fsp3) is 0.538. The van der Waals surface area contributed by atoms with E-state index in [0.717, 1.165) is 0 Å². The Morgan fingerprint density at radius 2 is 2.29 bits per heavy atom. The summed E-state index contributed by atoms with van der Waals surface area (Å²) in [7, 11) is 1.70. The Morgan fingerprint density at radius 3 is 2.86 bits per heavy atom. The monoisotopic (exact) mass is 292 g/mol. The number of hydrogen-bond acceptors (Lipinski definition) is 5. The van der Waals surface area contributed by atoms with E-state index in [0.29, 0.717) is 18.3 Å². The Hall–Kier alpha value is -2.38. The van der Waals surface area contributed by atoms with Crippen molar-refractivity contribution in [3.05, 3.63) is 30.4 Å². The van der Waals surface area contributed by atoms with Crippen molar-refractivity contribution >= 4 is 6.03 Å². The normalized spacial score (nSPS) is 13.7. The van der Waals surface area contributed by atoms with Gasteiger partial charge in [-0.05, 0) is 20.8 Å². The highest BCUT2D eigenvalue weighted by molar-refractivity contribution is 5.74. The molecule has 0 aromatic carbocycles. The van der Waals surface area contributed by atoms with Gasteiger partial charge in [0.05, 0.1) is 6.33 Å². The van der Waals surface area contributed by atoms with Gasteiger partial charge in [0.2, 0.25) is 5.89 Å². The summed E-state index contributed by atoms with van der Waals surface area (Å²) in [5.74, 6) is 0.978. The van der Waals surface area contributed by atoms with Gasteiger partial charge in [0.1, 0.15) is 6.04 Å². The number of aromatic nitrogens is 4. The van der Waals surface area contributed by atoms with Crippen LogP contribution in [0, 0.1) is 6.92 Å². The van der Waals surface area contributed by atoms with Crippen LogP contribution < -0.4 is 5.32 Å².